The van der Waals surface area contributed by atoms with Gasteiger partial charge in [0.05, 0.1) is 21.8 Å². The fourth-order valence-corrected chi connectivity index (χ4v) is 3.81. The number of hydrogen-bond acceptors (Lipinski definition) is 3. The van der Waals surface area contributed by atoms with E-state index in [9.17, 15) is 4.79 Å². The summed E-state index contributed by atoms with van der Waals surface area (Å²) in [4.78, 5) is 16.4. The highest BCUT2D eigenvalue weighted by molar-refractivity contribution is 14.1. The normalized spacial score (nSPS) is 25.3. The van der Waals surface area contributed by atoms with Crippen molar-refractivity contribution in [1.29, 1.82) is 0 Å². The van der Waals surface area contributed by atoms with Crippen molar-refractivity contribution in [1.82, 2.24) is 9.55 Å². The van der Waals surface area contributed by atoms with Gasteiger partial charge < -0.3 is 4.74 Å². The Kier molecular flexibility index (Phi) is 3.68. The van der Waals surface area contributed by atoms with Gasteiger partial charge in [-0.1, -0.05) is 12.8 Å². The zero-order valence-electron chi connectivity index (χ0n) is 11.2. The molecular formula is C14H19IN2O2. The van der Waals surface area contributed by atoms with E-state index in [4.69, 9.17) is 4.74 Å². The summed E-state index contributed by atoms with van der Waals surface area (Å²) in [6.45, 7) is 2.54. The number of hydrogen-bond donors (Lipinski definition) is 0. The molecule has 1 aliphatic heterocycles. The van der Waals surface area contributed by atoms with Gasteiger partial charge in [-0.2, -0.15) is 0 Å². The Morgan fingerprint density at radius 3 is 2.95 bits per heavy atom. The van der Waals surface area contributed by atoms with E-state index in [-0.39, 0.29) is 17.3 Å². The maximum atomic E-state index is 12.2. The van der Waals surface area contributed by atoms with Crippen LogP contribution in [0.4, 0.5) is 0 Å². The molecule has 1 aromatic rings. The molecule has 4 nitrogen and oxygen atoms in total. The highest BCUT2D eigenvalue weighted by atomic mass is 127. The molecule has 104 valence electrons. The number of rotatable bonds is 2. The van der Waals surface area contributed by atoms with Gasteiger partial charge in [-0.3, -0.25) is 9.36 Å². The molecule has 0 bridgehead atoms. The Morgan fingerprint density at radius 2 is 2.21 bits per heavy atom. The van der Waals surface area contributed by atoms with Gasteiger partial charge in [0.2, 0.25) is 0 Å². The molecule has 19 heavy (non-hydrogen) atoms. The first-order chi connectivity index (χ1) is 9.10. The lowest BCUT2D eigenvalue weighted by Gasteiger charge is -2.24. The fraction of sp³-hybridized carbons (Fsp3) is 0.714. The van der Waals surface area contributed by atoms with E-state index in [2.05, 4.69) is 4.98 Å². The Hall–Kier alpha value is -0.430. The minimum Gasteiger partial charge on any atom is -0.370 e. The molecule has 0 aromatic carbocycles. The molecule has 2 fully saturated rings. The number of ether oxygens (including phenoxy) is 1. The van der Waals surface area contributed by atoms with Crippen LogP contribution in [0.25, 0.3) is 0 Å². The van der Waals surface area contributed by atoms with E-state index in [1.165, 1.54) is 25.7 Å². The highest BCUT2D eigenvalue weighted by Gasteiger charge is 2.42. The smallest absolute Gasteiger partial charge is 0.267 e. The lowest BCUT2D eigenvalue weighted by molar-refractivity contribution is -0.0424. The first-order valence-corrected chi connectivity index (χ1v) is 8.07. The molecule has 1 saturated heterocycles. The Bertz CT molecular complexity index is 535. The molecule has 5 heteroatoms. The van der Waals surface area contributed by atoms with Gasteiger partial charge in [0.25, 0.3) is 5.56 Å². The van der Waals surface area contributed by atoms with E-state index in [0.29, 0.717) is 10.1 Å². The van der Waals surface area contributed by atoms with Crippen LogP contribution < -0.4 is 5.56 Å². The predicted molar refractivity (Wildman–Crippen MR) is 81.3 cm³/mol. The third kappa shape index (κ3) is 2.59. The molecule has 1 unspecified atom stereocenters. The number of nitrogens with zero attached hydrogens (tertiary/aromatic N) is 2. The lowest BCUT2D eigenvalue weighted by Crippen LogP contribution is -2.32. The van der Waals surface area contributed by atoms with Gasteiger partial charge >= 0.3 is 0 Å². The van der Waals surface area contributed by atoms with E-state index in [1.54, 1.807) is 10.8 Å². The Balaban J connectivity index is 1.76. The first kappa shape index (κ1) is 13.5. The predicted octanol–water partition coefficient (Wildman–Crippen LogP) is 2.65. The molecule has 0 N–H and O–H groups in total. The van der Waals surface area contributed by atoms with Crippen LogP contribution in [0.5, 0.6) is 0 Å². The van der Waals surface area contributed by atoms with Crippen molar-refractivity contribution in [3.63, 3.8) is 0 Å². The second-order valence-electron chi connectivity index (χ2n) is 5.74. The van der Waals surface area contributed by atoms with Crippen molar-refractivity contribution >= 4 is 22.6 Å². The Morgan fingerprint density at radius 1 is 1.47 bits per heavy atom. The zero-order chi connectivity index (χ0) is 13.5. The summed E-state index contributed by atoms with van der Waals surface area (Å²) in [5.74, 6) is 0.779. The highest BCUT2D eigenvalue weighted by Crippen LogP contribution is 2.43. The van der Waals surface area contributed by atoms with Crippen LogP contribution in [0.15, 0.2) is 11.0 Å². The average molecular weight is 374 g/mol. The summed E-state index contributed by atoms with van der Waals surface area (Å²) < 4.78 is 8.72. The molecule has 1 spiro atoms. The van der Waals surface area contributed by atoms with Crippen molar-refractivity contribution in [2.45, 2.75) is 63.7 Å². The van der Waals surface area contributed by atoms with E-state index in [1.807, 2.05) is 29.5 Å². The van der Waals surface area contributed by atoms with E-state index < -0.39 is 0 Å². The summed E-state index contributed by atoms with van der Waals surface area (Å²) in [6.07, 6.45) is 9.01. The van der Waals surface area contributed by atoms with Crippen LogP contribution in [0.3, 0.4) is 0 Å². The molecule has 1 atom stereocenters. The van der Waals surface area contributed by atoms with Gasteiger partial charge in [0.1, 0.15) is 5.82 Å². The van der Waals surface area contributed by atoms with Crippen LogP contribution >= 0.6 is 22.6 Å². The molecule has 0 radical (unpaired) electrons. The third-order valence-electron chi connectivity index (χ3n) is 4.44. The topological polar surface area (TPSA) is 44.1 Å². The average Bonchev–Trinajstić information content (AvgIpc) is 3.01. The van der Waals surface area contributed by atoms with Crippen molar-refractivity contribution < 1.29 is 4.74 Å². The van der Waals surface area contributed by atoms with E-state index >= 15 is 0 Å². The number of aromatic nitrogens is 2. The Labute approximate surface area is 126 Å². The van der Waals surface area contributed by atoms with Crippen molar-refractivity contribution in [2.75, 3.05) is 0 Å². The molecule has 1 aliphatic carbocycles. The fourth-order valence-electron chi connectivity index (χ4n) is 3.38. The van der Waals surface area contributed by atoms with Crippen LogP contribution in [-0.4, -0.2) is 21.3 Å². The SMILES string of the molecule is Cc1ncc(I)c(=O)n1CC1CCC2(CCCC2)O1. The molecule has 2 heterocycles. The molecule has 0 amide bonds. The summed E-state index contributed by atoms with van der Waals surface area (Å²) in [6, 6.07) is 0. The van der Waals surface area contributed by atoms with Crippen molar-refractivity contribution in [3.8, 4) is 0 Å². The van der Waals surface area contributed by atoms with Gasteiger partial charge in [0, 0.05) is 6.20 Å². The van der Waals surface area contributed by atoms with E-state index in [0.717, 1.165) is 18.7 Å². The van der Waals surface area contributed by atoms with Gasteiger partial charge in [-0.05, 0) is 55.2 Å². The summed E-state index contributed by atoms with van der Waals surface area (Å²) in [7, 11) is 0. The maximum Gasteiger partial charge on any atom is 0.267 e. The molecular weight excluding hydrogens is 355 g/mol. The second kappa shape index (κ2) is 5.16. The van der Waals surface area contributed by atoms with Crippen molar-refractivity contribution in [2.24, 2.45) is 0 Å². The van der Waals surface area contributed by atoms with Crippen LogP contribution in [0.1, 0.15) is 44.3 Å². The van der Waals surface area contributed by atoms with Crippen LogP contribution in [-0.2, 0) is 11.3 Å². The maximum absolute atomic E-state index is 12.2. The quantitative estimate of drug-likeness (QED) is 0.748. The number of halogens is 1. The second-order valence-corrected chi connectivity index (χ2v) is 6.90. The standard InChI is InChI=1S/C14H19IN2O2/c1-10-16-8-12(15)13(18)17(10)9-11-4-7-14(19-11)5-2-3-6-14/h8,11H,2-7,9H2,1H3. The minimum atomic E-state index is 0.0593. The largest absolute Gasteiger partial charge is 0.370 e. The molecule has 2 aliphatic rings. The molecule has 1 saturated carbocycles. The van der Waals surface area contributed by atoms with Crippen LogP contribution in [0, 0.1) is 10.5 Å². The summed E-state index contributed by atoms with van der Waals surface area (Å²) in [5, 5.41) is 0. The van der Waals surface area contributed by atoms with Gasteiger partial charge in [-0.25, -0.2) is 4.98 Å². The monoisotopic (exact) mass is 374 g/mol. The molecule has 1 aromatic heterocycles. The number of aryl methyl sites for hydroxylation is 1. The van der Waals surface area contributed by atoms with Crippen molar-refractivity contribution in [3.05, 3.63) is 25.9 Å². The van der Waals surface area contributed by atoms with Crippen LogP contribution in [0.2, 0.25) is 0 Å². The van der Waals surface area contributed by atoms with Gasteiger partial charge in [-0.15, -0.1) is 0 Å². The summed E-state index contributed by atoms with van der Waals surface area (Å²) >= 11 is 2.05. The minimum absolute atomic E-state index is 0.0593. The third-order valence-corrected chi connectivity index (χ3v) is 5.18. The summed E-state index contributed by atoms with van der Waals surface area (Å²) in [5.41, 5.74) is 0.196. The lowest BCUT2D eigenvalue weighted by atomic mass is 9.98. The molecule has 3 rings (SSSR count). The van der Waals surface area contributed by atoms with Gasteiger partial charge in [0.15, 0.2) is 0 Å². The first-order valence-electron chi connectivity index (χ1n) is 6.99. The zero-order valence-corrected chi connectivity index (χ0v) is 13.4.